The number of ketones is 1. The molecule has 1 heterocycles. The van der Waals surface area contributed by atoms with E-state index in [0.717, 1.165) is 41.0 Å². The maximum Gasteiger partial charge on any atom is 0.300 e. The lowest BCUT2D eigenvalue weighted by atomic mass is 9.84. The van der Waals surface area contributed by atoms with Gasteiger partial charge in [-0.2, -0.15) is 0 Å². The van der Waals surface area contributed by atoms with Crippen LogP contribution >= 0.6 is 0 Å². The van der Waals surface area contributed by atoms with Gasteiger partial charge in [-0.05, 0) is 92.3 Å². The summed E-state index contributed by atoms with van der Waals surface area (Å²) in [6.07, 6.45) is 0. The van der Waals surface area contributed by atoms with Gasteiger partial charge in [-0.25, -0.2) is 0 Å². The zero-order chi connectivity index (χ0) is 29.4. The molecule has 1 aliphatic rings. The van der Waals surface area contributed by atoms with Gasteiger partial charge in [0.05, 0.1) is 18.7 Å². The number of amides is 1. The smallest absolute Gasteiger partial charge is 0.300 e. The van der Waals surface area contributed by atoms with Gasteiger partial charge in [0.15, 0.2) is 0 Å². The maximum atomic E-state index is 13.7. The molecular weight excluding hydrogens is 500 g/mol. The quantitative estimate of drug-likeness (QED) is 0.197. The fraction of sp³-hybridized carbons (Fsp3) is 0.353. The van der Waals surface area contributed by atoms with E-state index in [1.54, 1.807) is 19.2 Å². The fourth-order valence-corrected chi connectivity index (χ4v) is 5.34. The predicted molar refractivity (Wildman–Crippen MR) is 162 cm³/mol. The SMILES string of the molecule is CCN(CC)c1ccc(C2/C(=C(/O)c3ccc(OC)c(C(C)(C)C)c3)C(=O)C(=O)N2c2ccc(C)c(C)c2)cc1. The van der Waals surface area contributed by atoms with Crippen LogP contribution in [0.15, 0.2) is 66.2 Å². The van der Waals surface area contributed by atoms with Gasteiger partial charge >= 0.3 is 0 Å². The van der Waals surface area contributed by atoms with Crippen LogP contribution in [0.1, 0.15) is 68.5 Å². The Hall–Kier alpha value is -4.06. The minimum Gasteiger partial charge on any atom is -0.507 e. The lowest BCUT2D eigenvalue weighted by molar-refractivity contribution is -0.132. The molecule has 0 bridgehead atoms. The first-order valence-corrected chi connectivity index (χ1v) is 13.8. The highest BCUT2D eigenvalue weighted by Gasteiger charge is 2.47. The number of hydrogen-bond acceptors (Lipinski definition) is 5. The molecule has 40 heavy (non-hydrogen) atoms. The first-order chi connectivity index (χ1) is 18.9. The van der Waals surface area contributed by atoms with Crippen molar-refractivity contribution in [3.05, 3.63) is 94.1 Å². The number of anilines is 2. The lowest BCUT2D eigenvalue weighted by Crippen LogP contribution is -2.29. The Morgan fingerprint density at radius 3 is 2.12 bits per heavy atom. The van der Waals surface area contributed by atoms with Crippen molar-refractivity contribution >= 4 is 28.8 Å². The lowest BCUT2D eigenvalue weighted by Gasteiger charge is -2.27. The molecule has 1 atom stereocenters. The summed E-state index contributed by atoms with van der Waals surface area (Å²) in [5.74, 6) is -0.868. The molecule has 1 amide bonds. The van der Waals surface area contributed by atoms with E-state index in [4.69, 9.17) is 4.74 Å². The number of hydrogen-bond donors (Lipinski definition) is 1. The molecular formula is C34H40N2O4. The van der Waals surface area contributed by atoms with Gasteiger partial charge in [-0.15, -0.1) is 0 Å². The van der Waals surface area contributed by atoms with E-state index in [1.807, 2.05) is 62.4 Å². The van der Waals surface area contributed by atoms with Crippen LogP contribution in [0.5, 0.6) is 5.75 Å². The van der Waals surface area contributed by atoms with E-state index < -0.39 is 17.7 Å². The number of nitrogens with zero attached hydrogens (tertiary/aromatic N) is 2. The van der Waals surface area contributed by atoms with Crippen molar-refractivity contribution < 1.29 is 19.4 Å². The Morgan fingerprint density at radius 1 is 0.925 bits per heavy atom. The predicted octanol–water partition coefficient (Wildman–Crippen LogP) is 7.08. The second-order valence-electron chi connectivity index (χ2n) is 11.4. The summed E-state index contributed by atoms with van der Waals surface area (Å²) < 4.78 is 5.57. The van der Waals surface area contributed by atoms with E-state index in [-0.39, 0.29) is 16.7 Å². The third kappa shape index (κ3) is 5.23. The summed E-state index contributed by atoms with van der Waals surface area (Å²) in [7, 11) is 1.61. The number of aliphatic hydroxyl groups excluding tert-OH is 1. The molecule has 3 aromatic carbocycles. The molecule has 0 saturated carbocycles. The average Bonchev–Trinajstić information content (AvgIpc) is 3.20. The molecule has 0 spiro atoms. The van der Waals surface area contributed by atoms with Crippen LogP contribution < -0.4 is 14.5 Å². The van der Waals surface area contributed by atoms with Gasteiger partial charge in [0.2, 0.25) is 0 Å². The molecule has 3 aromatic rings. The van der Waals surface area contributed by atoms with Crippen LogP contribution in [-0.4, -0.2) is 37.0 Å². The fourth-order valence-electron chi connectivity index (χ4n) is 5.34. The van der Waals surface area contributed by atoms with Crippen LogP contribution in [0.25, 0.3) is 5.76 Å². The summed E-state index contributed by atoms with van der Waals surface area (Å²) in [5.41, 5.74) is 5.69. The van der Waals surface area contributed by atoms with Gasteiger partial charge < -0.3 is 14.7 Å². The Balaban J connectivity index is 1.95. The van der Waals surface area contributed by atoms with Crippen LogP contribution in [0.4, 0.5) is 11.4 Å². The summed E-state index contributed by atoms with van der Waals surface area (Å²) >= 11 is 0. The summed E-state index contributed by atoms with van der Waals surface area (Å²) in [4.78, 5) is 31.0. The molecule has 1 fully saturated rings. The molecule has 1 saturated heterocycles. The van der Waals surface area contributed by atoms with Crippen LogP contribution in [0.3, 0.4) is 0 Å². The summed E-state index contributed by atoms with van der Waals surface area (Å²) in [6.45, 7) is 16.1. The zero-order valence-corrected chi connectivity index (χ0v) is 24.8. The number of rotatable bonds is 7. The van der Waals surface area contributed by atoms with E-state index in [9.17, 15) is 14.7 Å². The second kappa shape index (κ2) is 11.2. The normalized spacial score (nSPS) is 16.9. The molecule has 0 aromatic heterocycles. The van der Waals surface area contributed by atoms with Crippen molar-refractivity contribution in [2.45, 2.75) is 59.9 Å². The van der Waals surface area contributed by atoms with E-state index in [2.05, 4.69) is 39.5 Å². The highest BCUT2D eigenvalue weighted by molar-refractivity contribution is 6.51. The Kier molecular flexibility index (Phi) is 8.10. The number of ether oxygens (including phenoxy) is 1. The van der Waals surface area contributed by atoms with E-state index >= 15 is 0 Å². The summed E-state index contributed by atoms with van der Waals surface area (Å²) in [6, 6.07) is 18.2. The van der Waals surface area contributed by atoms with Gasteiger partial charge in [-0.3, -0.25) is 14.5 Å². The molecule has 1 aliphatic heterocycles. The third-order valence-electron chi connectivity index (χ3n) is 7.83. The highest BCUT2D eigenvalue weighted by Crippen LogP contribution is 2.43. The average molecular weight is 541 g/mol. The number of aliphatic hydroxyl groups is 1. The minimum absolute atomic E-state index is 0.0730. The van der Waals surface area contributed by atoms with Crippen LogP contribution in [0, 0.1) is 13.8 Å². The number of benzene rings is 3. The number of Topliss-reactive ketones (excluding diaryl/α,β-unsaturated/α-hetero) is 1. The first-order valence-electron chi connectivity index (χ1n) is 13.8. The first kappa shape index (κ1) is 28.9. The number of methoxy groups -OCH3 is 1. The molecule has 6 nitrogen and oxygen atoms in total. The zero-order valence-electron chi connectivity index (χ0n) is 24.8. The van der Waals surface area contributed by atoms with Crippen molar-refractivity contribution in [2.24, 2.45) is 0 Å². The monoisotopic (exact) mass is 540 g/mol. The minimum atomic E-state index is -0.784. The standard InChI is InChI=1S/C34H40N2O4/c1-9-35(10-2)25-16-12-23(13-17-25)30-29(31(37)24-14-18-28(40-8)27(20-24)34(5,6)7)32(38)33(39)36(30)26-15-11-21(3)22(4)19-26/h11-20,30,37H,9-10H2,1-8H3/b31-29-. The van der Waals surface area contributed by atoms with Gasteiger partial charge in [0.1, 0.15) is 11.5 Å². The van der Waals surface area contributed by atoms with Gasteiger partial charge in [-0.1, -0.05) is 39.0 Å². The van der Waals surface area contributed by atoms with Crippen LogP contribution in [-0.2, 0) is 15.0 Å². The van der Waals surface area contributed by atoms with Crippen molar-refractivity contribution in [3.63, 3.8) is 0 Å². The van der Waals surface area contributed by atoms with Crippen molar-refractivity contribution in [2.75, 3.05) is 30.0 Å². The van der Waals surface area contributed by atoms with E-state index in [1.165, 1.54) is 4.90 Å². The Labute approximate surface area is 237 Å². The maximum absolute atomic E-state index is 13.7. The highest BCUT2D eigenvalue weighted by atomic mass is 16.5. The van der Waals surface area contributed by atoms with E-state index in [0.29, 0.717) is 17.0 Å². The largest absolute Gasteiger partial charge is 0.507 e. The Morgan fingerprint density at radius 2 is 1.57 bits per heavy atom. The molecule has 0 radical (unpaired) electrons. The molecule has 1 unspecified atom stereocenters. The molecule has 4 rings (SSSR count). The van der Waals surface area contributed by atoms with Crippen LogP contribution in [0.2, 0.25) is 0 Å². The molecule has 210 valence electrons. The van der Waals surface area contributed by atoms with Crippen molar-refractivity contribution in [1.29, 1.82) is 0 Å². The van der Waals surface area contributed by atoms with Crippen molar-refractivity contribution in [3.8, 4) is 5.75 Å². The number of aryl methyl sites for hydroxylation is 2. The summed E-state index contributed by atoms with van der Waals surface area (Å²) in [5, 5.41) is 11.7. The molecule has 1 N–H and O–H groups in total. The number of carbonyl (C=O) groups is 2. The topological polar surface area (TPSA) is 70.1 Å². The third-order valence-corrected chi connectivity index (χ3v) is 7.83. The molecule has 0 aliphatic carbocycles. The van der Waals surface area contributed by atoms with Crippen molar-refractivity contribution in [1.82, 2.24) is 0 Å². The van der Waals surface area contributed by atoms with Gasteiger partial charge in [0, 0.05) is 35.6 Å². The molecule has 6 heteroatoms. The number of carbonyl (C=O) groups excluding carboxylic acids is 2. The van der Waals surface area contributed by atoms with Gasteiger partial charge in [0.25, 0.3) is 11.7 Å². The second-order valence-corrected chi connectivity index (χ2v) is 11.4. The Bertz CT molecular complexity index is 1460.